The highest BCUT2D eigenvalue weighted by molar-refractivity contribution is 5.81. The SMILES string of the molecule is CCC(Oc1cccc(C)c1C)C(=O)NCCCN(C)C. The lowest BCUT2D eigenvalue weighted by Gasteiger charge is -2.19. The zero-order chi connectivity index (χ0) is 15.8. The summed E-state index contributed by atoms with van der Waals surface area (Å²) in [5, 5.41) is 2.95. The highest BCUT2D eigenvalue weighted by atomic mass is 16.5. The molecule has 0 aromatic heterocycles. The smallest absolute Gasteiger partial charge is 0.261 e. The number of rotatable bonds is 8. The fraction of sp³-hybridized carbons (Fsp3) is 0.588. The average molecular weight is 292 g/mol. The van der Waals surface area contributed by atoms with Gasteiger partial charge in [-0.25, -0.2) is 0 Å². The van der Waals surface area contributed by atoms with Crippen LogP contribution in [0.2, 0.25) is 0 Å². The van der Waals surface area contributed by atoms with Crippen molar-refractivity contribution in [2.45, 2.75) is 39.7 Å². The molecule has 0 spiro atoms. The number of amides is 1. The summed E-state index contributed by atoms with van der Waals surface area (Å²) in [5.74, 6) is 0.766. The topological polar surface area (TPSA) is 41.6 Å². The summed E-state index contributed by atoms with van der Waals surface area (Å²) in [5.41, 5.74) is 2.27. The molecule has 4 nitrogen and oxygen atoms in total. The van der Waals surface area contributed by atoms with Gasteiger partial charge in [0, 0.05) is 6.54 Å². The van der Waals surface area contributed by atoms with Crippen molar-refractivity contribution in [1.29, 1.82) is 0 Å². The van der Waals surface area contributed by atoms with Crippen molar-refractivity contribution >= 4 is 5.91 Å². The molecule has 1 aromatic carbocycles. The van der Waals surface area contributed by atoms with Crippen molar-refractivity contribution in [1.82, 2.24) is 10.2 Å². The van der Waals surface area contributed by atoms with Crippen LogP contribution in [0, 0.1) is 13.8 Å². The molecule has 0 radical (unpaired) electrons. The largest absolute Gasteiger partial charge is 0.480 e. The number of hydrogen-bond donors (Lipinski definition) is 1. The summed E-state index contributed by atoms with van der Waals surface area (Å²) in [6.45, 7) is 7.69. The third kappa shape index (κ3) is 5.76. The predicted molar refractivity (Wildman–Crippen MR) is 86.8 cm³/mol. The van der Waals surface area contributed by atoms with E-state index in [-0.39, 0.29) is 5.91 Å². The van der Waals surface area contributed by atoms with Crippen molar-refractivity contribution in [2.24, 2.45) is 0 Å². The summed E-state index contributed by atoms with van der Waals surface area (Å²) < 4.78 is 5.89. The fourth-order valence-electron chi connectivity index (χ4n) is 2.05. The van der Waals surface area contributed by atoms with Crippen LogP contribution in [0.3, 0.4) is 0 Å². The molecule has 1 unspecified atom stereocenters. The Morgan fingerprint density at radius 3 is 2.67 bits per heavy atom. The molecule has 118 valence electrons. The van der Waals surface area contributed by atoms with Crippen LogP contribution < -0.4 is 10.1 Å². The van der Waals surface area contributed by atoms with Crippen molar-refractivity contribution in [2.75, 3.05) is 27.2 Å². The Morgan fingerprint density at radius 2 is 2.05 bits per heavy atom. The van der Waals surface area contributed by atoms with Gasteiger partial charge in [0.25, 0.3) is 5.91 Å². The summed E-state index contributed by atoms with van der Waals surface area (Å²) in [6, 6.07) is 5.92. The quantitative estimate of drug-likeness (QED) is 0.749. The first-order valence-electron chi connectivity index (χ1n) is 7.61. The molecule has 1 N–H and O–H groups in total. The third-order valence-corrected chi connectivity index (χ3v) is 3.57. The fourth-order valence-corrected chi connectivity index (χ4v) is 2.05. The first kappa shape index (κ1) is 17.5. The maximum absolute atomic E-state index is 12.2. The first-order chi connectivity index (χ1) is 9.95. The lowest BCUT2D eigenvalue weighted by molar-refractivity contribution is -0.128. The van der Waals surface area contributed by atoms with Crippen molar-refractivity contribution < 1.29 is 9.53 Å². The predicted octanol–water partition coefficient (Wildman–Crippen LogP) is 2.53. The van der Waals surface area contributed by atoms with Gasteiger partial charge < -0.3 is 15.0 Å². The highest BCUT2D eigenvalue weighted by Crippen LogP contribution is 2.22. The van der Waals surface area contributed by atoms with Crippen LogP contribution in [-0.4, -0.2) is 44.1 Å². The van der Waals surface area contributed by atoms with Gasteiger partial charge in [-0.2, -0.15) is 0 Å². The van der Waals surface area contributed by atoms with Crippen LogP contribution in [0.4, 0.5) is 0 Å². The molecule has 1 aromatic rings. The minimum atomic E-state index is -0.426. The van der Waals surface area contributed by atoms with Crippen molar-refractivity contribution in [3.63, 3.8) is 0 Å². The van der Waals surface area contributed by atoms with E-state index in [1.54, 1.807) is 0 Å². The molecule has 0 saturated heterocycles. The summed E-state index contributed by atoms with van der Waals surface area (Å²) in [4.78, 5) is 14.3. The number of carbonyl (C=O) groups is 1. The maximum Gasteiger partial charge on any atom is 0.261 e. The monoisotopic (exact) mass is 292 g/mol. The van der Waals surface area contributed by atoms with Crippen LogP contribution in [0.25, 0.3) is 0 Å². The van der Waals surface area contributed by atoms with Gasteiger partial charge in [0.05, 0.1) is 0 Å². The molecule has 0 fully saturated rings. The Morgan fingerprint density at radius 1 is 1.33 bits per heavy atom. The van der Waals surface area contributed by atoms with Gasteiger partial charge in [0.1, 0.15) is 5.75 Å². The molecule has 0 aliphatic carbocycles. The number of benzene rings is 1. The van der Waals surface area contributed by atoms with E-state index in [0.717, 1.165) is 24.3 Å². The number of nitrogens with one attached hydrogen (secondary N) is 1. The zero-order valence-corrected chi connectivity index (χ0v) is 13.9. The molecule has 1 atom stereocenters. The number of ether oxygens (including phenoxy) is 1. The van der Waals surface area contributed by atoms with Crippen LogP contribution in [0.15, 0.2) is 18.2 Å². The molecule has 0 saturated carbocycles. The second-order valence-electron chi connectivity index (χ2n) is 5.66. The summed E-state index contributed by atoms with van der Waals surface area (Å²) in [6.07, 6.45) is 1.18. The van der Waals surface area contributed by atoms with Crippen LogP contribution in [-0.2, 0) is 4.79 Å². The molecule has 0 aliphatic heterocycles. The van der Waals surface area contributed by atoms with Gasteiger partial charge in [0.15, 0.2) is 6.10 Å². The molecule has 0 aliphatic rings. The number of hydrogen-bond acceptors (Lipinski definition) is 3. The van der Waals surface area contributed by atoms with E-state index in [9.17, 15) is 4.79 Å². The molecule has 0 heterocycles. The Kier molecular flexibility index (Phi) is 7.23. The second-order valence-corrected chi connectivity index (χ2v) is 5.66. The van der Waals surface area contributed by atoms with Gasteiger partial charge >= 0.3 is 0 Å². The molecule has 0 bridgehead atoms. The Bertz CT molecular complexity index is 458. The van der Waals surface area contributed by atoms with E-state index in [1.165, 1.54) is 5.56 Å². The number of aryl methyl sites for hydroxylation is 1. The van der Waals surface area contributed by atoms with Crippen molar-refractivity contribution in [3.05, 3.63) is 29.3 Å². The number of carbonyl (C=O) groups excluding carboxylic acids is 1. The molecular weight excluding hydrogens is 264 g/mol. The summed E-state index contributed by atoms with van der Waals surface area (Å²) >= 11 is 0. The van der Waals surface area contributed by atoms with Gasteiger partial charge in [0.2, 0.25) is 0 Å². The normalized spacial score (nSPS) is 12.3. The maximum atomic E-state index is 12.2. The minimum Gasteiger partial charge on any atom is -0.480 e. The third-order valence-electron chi connectivity index (χ3n) is 3.57. The second kappa shape index (κ2) is 8.67. The van der Waals surface area contributed by atoms with Gasteiger partial charge in [-0.05, 0) is 64.5 Å². The molecule has 4 heteroatoms. The van der Waals surface area contributed by atoms with Gasteiger partial charge in [-0.1, -0.05) is 19.1 Å². The minimum absolute atomic E-state index is 0.0304. The Hall–Kier alpha value is -1.55. The molecule has 1 rings (SSSR count). The summed E-state index contributed by atoms with van der Waals surface area (Å²) in [7, 11) is 4.06. The van der Waals surface area contributed by atoms with Crippen LogP contribution >= 0.6 is 0 Å². The van der Waals surface area contributed by atoms with E-state index in [4.69, 9.17) is 4.74 Å². The Balaban J connectivity index is 2.54. The van der Waals surface area contributed by atoms with Gasteiger partial charge in [-0.15, -0.1) is 0 Å². The van der Waals surface area contributed by atoms with Crippen molar-refractivity contribution in [3.8, 4) is 5.75 Å². The average Bonchev–Trinajstić information content (AvgIpc) is 2.44. The van der Waals surface area contributed by atoms with E-state index >= 15 is 0 Å². The highest BCUT2D eigenvalue weighted by Gasteiger charge is 2.18. The first-order valence-corrected chi connectivity index (χ1v) is 7.61. The Labute approximate surface area is 128 Å². The zero-order valence-electron chi connectivity index (χ0n) is 13.9. The standard InChI is InChI=1S/C17H28N2O2/c1-6-15(17(20)18-11-8-12-19(4)5)21-16-10-7-9-13(2)14(16)3/h7,9-10,15H,6,8,11-12H2,1-5H3,(H,18,20). The van der Waals surface area contributed by atoms with E-state index in [1.807, 2.05) is 53.1 Å². The molecule has 1 amide bonds. The lowest BCUT2D eigenvalue weighted by atomic mass is 10.1. The molecular formula is C17H28N2O2. The lowest BCUT2D eigenvalue weighted by Crippen LogP contribution is -2.39. The van der Waals surface area contributed by atoms with Crippen LogP contribution in [0.5, 0.6) is 5.75 Å². The number of nitrogens with zero attached hydrogens (tertiary/aromatic N) is 1. The van der Waals surface area contributed by atoms with E-state index < -0.39 is 6.10 Å². The van der Waals surface area contributed by atoms with E-state index in [0.29, 0.717) is 13.0 Å². The molecule has 21 heavy (non-hydrogen) atoms. The van der Waals surface area contributed by atoms with Crippen LogP contribution in [0.1, 0.15) is 30.9 Å². The van der Waals surface area contributed by atoms with E-state index in [2.05, 4.69) is 10.2 Å². The van der Waals surface area contributed by atoms with Gasteiger partial charge in [-0.3, -0.25) is 4.79 Å².